The second kappa shape index (κ2) is 11.0. The average Bonchev–Trinajstić information content (AvgIpc) is 2.60. The minimum atomic E-state index is -4.33. The molecule has 29 heavy (non-hydrogen) atoms. The number of carbonyl (C=O) groups is 2. The molecule has 0 aliphatic rings. The molecule has 4 nitrogen and oxygen atoms in total. The fourth-order valence-electron chi connectivity index (χ4n) is 2.82. The summed E-state index contributed by atoms with van der Waals surface area (Å²) in [4.78, 5) is 25.3. The number of hydrogen-bond acceptors (Lipinski definition) is 4. The zero-order valence-electron chi connectivity index (χ0n) is 17.1. The van der Waals surface area contributed by atoms with Crippen molar-refractivity contribution in [3.05, 3.63) is 48.6 Å². The Morgan fingerprint density at radius 1 is 1.07 bits per heavy atom. The van der Waals surface area contributed by atoms with Crippen LogP contribution in [0.3, 0.4) is 0 Å². The number of ether oxygens (including phenoxy) is 2. The van der Waals surface area contributed by atoms with Crippen molar-refractivity contribution in [3.8, 4) is 0 Å². The highest BCUT2D eigenvalue weighted by Crippen LogP contribution is 2.30. The van der Waals surface area contributed by atoms with Crippen molar-refractivity contribution >= 4 is 11.9 Å². The lowest BCUT2D eigenvalue weighted by molar-refractivity contribution is -0.169. The van der Waals surface area contributed by atoms with Gasteiger partial charge < -0.3 is 9.47 Å². The predicted octanol–water partition coefficient (Wildman–Crippen LogP) is 5.61. The van der Waals surface area contributed by atoms with Crippen LogP contribution in [0.15, 0.2) is 43.0 Å². The smallest absolute Gasteiger partial charge is 0.389 e. The van der Waals surface area contributed by atoms with E-state index in [4.69, 9.17) is 9.47 Å². The molecule has 0 spiro atoms. The van der Waals surface area contributed by atoms with E-state index in [1.165, 1.54) is 6.08 Å². The zero-order chi connectivity index (χ0) is 22.1. The standard InChI is InChI=1S/C22H29F3O4/c1-5-10-17(20(27)29-21(2,3)4)18(13-9-14-22(23,24)25)19(26)28-15-16-11-7-6-8-12-16/h5-8,11-12,17-18H,1,9-10,13-15H2,2-4H3/t17-,18+/m0/s1. The van der Waals surface area contributed by atoms with E-state index in [-0.39, 0.29) is 25.9 Å². The number of alkyl halides is 3. The number of rotatable bonds is 10. The van der Waals surface area contributed by atoms with E-state index in [1.54, 1.807) is 45.0 Å². The first-order chi connectivity index (χ1) is 13.4. The van der Waals surface area contributed by atoms with E-state index < -0.39 is 42.0 Å². The van der Waals surface area contributed by atoms with Gasteiger partial charge in [0.2, 0.25) is 0 Å². The van der Waals surface area contributed by atoms with E-state index in [2.05, 4.69) is 6.58 Å². The summed E-state index contributed by atoms with van der Waals surface area (Å²) < 4.78 is 48.4. The Morgan fingerprint density at radius 3 is 2.21 bits per heavy atom. The fraction of sp³-hybridized carbons (Fsp3) is 0.545. The third kappa shape index (κ3) is 10.1. The van der Waals surface area contributed by atoms with Crippen LogP contribution in [-0.2, 0) is 25.7 Å². The molecule has 162 valence electrons. The lowest BCUT2D eigenvalue weighted by Crippen LogP contribution is -2.36. The van der Waals surface area contributed by atoms with Gasteiger partial charge in [0.15, 0.2) is 0 Å². The molecule has 1 aromatic rings. The molecule has 0 radical (unpaired) electrons. The van der Waals surface area contributed by atoms with Crippen LogP contribution in [0.5, 0.6) is 0 Å². The Kier molecular flexibility index (Phi) is 9.40. The van der Waals surface area contributed by atoms with Crippen LogP contribution >= 0.6 is 0 Å². The van der Waals surface area contributed by atoms with Gasteiger partial charge in [0.25, 0.3) is 0 Å². The maximum Gasteiger partial charge on any atom is 0.389 e. The third-order valence-electron chi connectivity index (χ3n) is 4.12. The average molecular weight is 414 g/mol. The van der Waals surface area contributed by atoms with Crippen molar-refractivity contribution in [2.45, 2.75) is 64.8 Å². The summed E-state index contributed by atoms with van der Waals surface area (Å²) in [5.41, 5.74) is -0.0477. The van der Waals surface area contributed by atoms with Gasteiger partial charge in [-0.05, 0) is 45.6 Å². The molecule has 0 unspecified atom stereocenters. The molecule has 1 aromatic carbocycles. The van der Waals surface area contributed by atoms with Crippen molar-refractivity contribution in [1.82, 2.24) is 0 Å². The summed E-state index contributed by atoms with van der Waals surface area (Å²) in [6.07, 6.45) is -4.24. The number of halogens is 3. The minimum absolute atomic E-state index is 0.0232. The summed E-state index contributed by atoms with van der Waals surface area (Å²) in [5, 5.41) is 0. The Labute approximate surface area is 170 Å². The van der Waals surface area contributed by atoms with E-state index in [0.717, 1.165) is 5.56 Å². The monoisotopic (exact) mass is 414 g/mol. The fourth-order valence-corrected chi connectivity index (χ4v) is 2.82. The SMILES string of the molecule is C=CC[C@H](C(=O)OC(C)(C)C)[C@@H](CCCC(F)(F)F)C(=O)OCc1ccccc1. The Bertz CT molecular complexity index is 663. The molecule has 0 aromatic heterocycles. The molecule has 0 aliphatic heterocycles. The largest absolute Gasteiger partial charge is 0.461 e. The van der Waals surface area contributed by atoms with Crippen LogP contribution in [-0.4, -0.2) is 23.7 Å². The second-order valence-corrected chi connectivity index (χ2v) is 7.87. The predicted molar refractivity (Wildman–Crippen MR) is 104 cm³/mol. The molecule has 0 saturated carbocycles. The van der Waals surface area contributed by atoms with E-state index >= 15 is 0 Å². The molecule has 0 bridgehead atoms. The number of hydrogen-bond donors (Lipinski definition) is 0. The molecular formula is C22H29F3O4. The molecule has 7 heteroatoms. The van der Waals surface area contributed by atoms with E-state index in [0.29, 0.717) is 0 Å². The summed E-state index contributed by atoms with van der Waals surface area (Å²) in [7, 11) is 0. The van der Waals surface area contributed by atoms with Crippen LogP contribution in [0, 0.1) is 11.8 Å². The maximum atomic E-state index is 12.7. The first-order valence-corrected chi connectivity index (χ1v) is 9.54. The Balaban J connectivity index is 2.96. The molecular weight excluding hydrogens is 385 g/mol. The lowest BCUT2D eigenvalue weighted by Gasteiger charge is -2.28. The second-order valence-electron chi connectivity index (χ2n) is 7.87. The van der Waals surface area contributed by atoms with Gasteiger partial charge in [-0.15, -0.1) is 6.58 Å². The molecule has 0 amide bonds. The molecule has 0 heterocycles. The molecule has 0 aliphatic carbocycles. The van der Waals surface area contributed by atoms with E-state index in [1.807, 2.05) is 6.07 Å². The van der Waals surface area contributed by atoms with Gasteiger partial charge in [-0.1, -0.05) is 36.4 Å². The van der Waals surface area contributed by atoms with Gasteiger partial charge in [-0.2, -0.15) is 13.2 Å². The maximum absolute atomic E-state index is 12.7. The number of benzene rings is 1. The van der Waals surface area contributed by atoms with Gasteiger partial charge in [-0.3, -0.25) is 9.59 Å². The third-order valence-corrected chi connectivity index (χ3v) is 4.12. The van der Waals surface area contributed by atoms with Gasteiger partial charge in [-0.25, -0.2) is 0 Å². The summed E-state index contributed by atoms with van der Waals surface area (Å²) in [6, 6.07) is 8.91. The Morgan fingerprint density at radius 2 is 1.69 bits per heavy atom. The van der Waals surface area contributed by atoms with Crippen LogP contribution in [0.25, 0.3) is 0 Å². The highest BCUT2D eigenvalue weighted by molar-refractivity contribution is 5.82. The van der Waals surface area contributed by atoms with E-state index in [9.17, 15) is 22.8 Å². The van der Waals surface area contributed by atoms with Gasteiger partial charge >= 0.3 is 18.1 Å². The molecule has 1 rings (SSSR count). The first-order valence-electron chi connectivity index (χ1n) is 9.54. The lowest BCUT2D eigenvalue weighted by atomic mass is 9.85. The van der Waals surface area contributed by atoms with Crippen molar-refractivity contribution in [1.29, 1.82) is 0 Å². The highest BCUT2D eigenvalue weighted by Gasteiger charge is 2.37. The highest BCUT2D eigenvalue weighted by atomic mass is 19.4. The minimum Gasteiger partial charge on any atom is -0.461 e. The zero-order valence-corrected chi connectivity index (χ0v) is 17.1. The van der Waals surface area contributed by atoms with Crippen LogP contribution in [0.2, 0.25) is 0 Å². The van der Waals surface area contributed by atoms with Crippen LogP contribution in [0.1, 0.15) is 52.0 Å². The van der Waals surface area contributed by atoms with Gasteiger partial charge in [0, 0.05) is 6.42 Å². The Hall–Kier alpha value is -2.31. The molecule has 0 saturated heterocycles. The topological polar surface area (TPSA) is 52.6 Å². The van der Waals surface area contributed by atoms with Crippen molar-refractivity contribution in [2.75, 3.05) is 0 Å². The summed E-state index contributed by atoms with van der Waals surface area (Å²) in [5.74, 6) is -3.36. The quantitative estimate of drug-likeness (QED) is 0.369. The van der Waals surface area contributed by atoms with Crippen LogP contribution in [0.4, 0.5) is 13.2 Å². The number of carbonyl (C=O) groups excluding carboxylic acids is 2. The molecule has 0 N–H and O–H groups in total. The molecule has 0 fully saturated rings. The molecule has 2 atom stereocenters. The van der Waals surface area contributed by atoms with Crippen LogP contribution < -0.4 is 0 Å². The number of allylic oxidation sites excluding steroid dienone is 1. The first kappa shape index (κ1) is 24.7. The van der Waals surface area contributed by atoms with Crippen molar-refractivity contribution in [3.63, 3.8) is 0 Å². The van der Waals surface area contributed by atoms with Gasteiger partial charge in [0.1, 0.15) is 12.2 Å². The summed E-state index contributed by atoms with van der Waals surface area (Å²) in [6.45, 7) is 8.62. The summed E-state index contributed by atoms with van der Waals surface area (Å²) >= 11 is 0. The number of esters is 2. The van der Waals surface area contributed by atoms with Crippen molar-refractivity contribution in [2.24, 2.45) is 11.8 Å². The van der Waals surface area contributed by atoms with Crippen molar-refractivity contribution < 1.29 is 32.2 Å². The van der Waals surface area contributed by atoms with Gasteiger partial charge in [0.05, 0.1) is 11.8 Å². The normalized spacial score (nSPS) is 14.0.